The van der Waals surface area contributed by atoms with Crippen LogP contribution in [0.5, 0.6) is 5.75 Å². The number of hydrogen-bond donors (Lipinski definition) is 1. The second-order valence-electron chi connectivity index (χ2n) is 4.42. The van der Waals surface area contributed by atoms with Crippen molar-refractivity contribution in [2.45, 2.75) is 19.4 Å². The minimum atomic E-state index is -0.436. The van der Waals surface area contributed by atoms with Crippen LogP contribution in [0, 0.1) is 0 Å². The number of benzene rings is 1. The number of nitrogens with zero attached hydrogens (tertiary/aromatic N) is 1. The highest BCUT2D eigenvalue weighted by Crippen LogP contribution is 2.33. The average molecular weight is 311 g/mol. The van der Waals surface area contributed by atoms with Gasteiger partial charge in [0.15, 0.2) is 0 Å². The van der Waals surface area contributed by atoms with Crippen molar-refractivity contribution in [1.82, 2.24) is 4.98 Å². The first-order chi connectivity index (χ1) is 9.63. The number of halogens is 2. The maximum atomic E-state index is 6.25. The standard InChI is InChI=1S/C15H16Cl2N2O/c1-2-6-20-11-7-10(8-19-9-11)15(18)14-12(16)4-3-5-13(14)17/h3-5,7-9,15H,2,6,18H2,1H3. The fraction of sp³-hybridized carbons (Fsp3) is 0.267. The summed E-state index contributed by atoms with van der Waals surface area (Å²) in [5, 5.41) is 1.09. The van der Waals surface area contributed by atoms with Crippen molar-refractivity contribution >= 4 is 23.2 Å². The summed E-state index contributed by atoms with van der Waals surface area (Å²) in [6.45, 7) is 2.69. The molecule has 0 aliphatic rings. The molecule has 0 fully saturated rings. The minimum absolute atomic E-state index is 0.436. The fourth-order valence-corrected chi connectivity index (χ4v) is 2.51. The van der Waals surface area contributed by atoms with Crippen LogP contribution in [0.15, 0.2) is 36.7 Å². The van der Waals surface area contributed by atoms with Gasteiger partial charge in [-0.2, -0.15) is 0 Å². The predicted octanol–water partition coefficient (Wildman–Crippen LogP) is 4.23. The predicted molar refractivity (Wildman–Crippen MR) is 82.5 cm³/mol. The Balaban J connectivity index is 2.31. The van der Waals surface area contributed by atoms with Crippen LogP contribution in [0.25, 0.3) is 0 Å². The first kappa shape index (κ1) is 15.1. The largest absolute Gasteiger partial charge is 0.492 e. The fourth-order valence-electron chi connectivity index (χ4n) is 1.88. The van der Waals surface area contributed by atoms with Crippen LogP contribution in [0.2, 0.25) is 10.0 Å². The van der Waals surface area contributed by atoms with Gasteiger partial charge in [-0.1, -0.05) is 36.2 Å². The lowest BCUT2D eigenvalue weighted by atomic mass is 10.0. The van der Waals surface area contributed by atoms with E-state index in [1.54, 1.807) is 30.6 Å². The van der Waals surface area contributed by atoms with Gasteiger partial charge in [0.1, 0.15) is 5.75 Å². The minimum Gasteiger partial charge on any atom is -0.492 e. The van der Waals surface area contributed by atoms with E-state index in [0.717, 1.165) is 12.0 Å². The Labute approximate surface area is 128 Å². The van der Waals surface area contributed by atoms with Crippen LogP contribution in [-0.2, 0) is 0 Å². The van der Waals surface area contributed by atoms with E-state index in [2.05, 4.69) is 4.98 Å². The Morgan fingerprint density at radius 1 is 1.25 bits per heavy atom. The smallest absolute Gasteiger partial charge is 0.137 e. The third kappa shape index (κ3) is 3.42. The average Bonchev–Trinajstić information content (AvgIpc) is 2.45. The van der Waals surface area contributed by atoms with Crippen molar-refractivity contribution < 1.29 is 4.74 Å². The summed E-state index contributed by atoms with van der Waals surface area (Å²) in [5.41, 5.74) is 7.76. The molecule has 106 valence electrons. The van der Waals surface area contributed by atoms with Crippen molar-refractivity contribution in [3.63, 3.8) is 0 Å². The monoisotopic (exact) mass is 310 g/mol. The number of rotatable bonds is 5. The van der Waals surface area contributed by atoms with Gasteiger partial charge in [0.2, 0.25) is 0 Å². The van der Waals surface area contributed by atoms with E-state index in [1.165, 1.54) is 0 Å². The van der Waals surface area contributed by atoms with E-state index in [1.807, 2.05) is 13.0 Å². The molecule has 1 unspecified atom stereocenters. The molecule has 1 atom stereocenters. The molecule has 1 aromatic heterocycles. The molecule has 0 radical (unpaired) electrons. The highest BCUT2D eigenvalue weighted by molar-refractivity contribution is 6.36. The molecule has 0 saturated carbocycles. The lowest BCUT2D eigenvalue weighted by Crippen LogP contribution is -2.13. The van der Waals surface area contributed by atoms with E-state index in [-0.39, 0.29) is 0 Å². The summed E-state index contributed by atoms with van der Waals surface area (Å²) in [5.74, 6) is 0.697. The molecule has 5 heteroatoms. The zero-order chi connectivity index (χ0) is 14.5. The number of pyridine rings is 1. The molecule has 1 aromatic carbocycles. The van der Waals surface area contributed by atoms with Gasteiger partial charge in [-0.25, -0.2) is 0 Å². The summed E-state index contributed by atoms with van der Waals surface area (Å²) in [4.78, 5) is 4.15. The Hall–Kier alpha value is -1.29. The molecular weight excluding hydrogens is 295 g/mol. The van der Waals surface area contributed by atoms with E-state index in [9.17, 15) is 0 Å². The van der Waals surface area contributed by atoms with E-state index in [0.29, 0.717) is 28.0 Å². The van der Waals surface area contributed by atoms with E-state index >= 15 is 0 Å². The highest BCUT2D eigenvalue weighted by Gasteiger charge is 2.16. The van der Waals surface area contributed by atoms with Gasteiger partial charge in [-0.15, -0.1) is 0 Å². The second kappa shape index (κ2) is 6.93. The molecule has 20 heavy (non-hydrogen) atoms. The summed E-state index contributed by atoms with van der Waals surface area (Å²) < 4.78 is 5.56. The molecule has 1 heterocycles. The lowest BCUT2D eigenvalue weighted by Gasteiger charge is -2.16. The first-order valence-corrected chi connectivity index (χ1v) is 7.16. The van der Waals surface area contributed by atoms with Gasteiger partial charge < -0.3 is 10.5 Å². The van der Waals surface area contributed by atoms with Gasteiger partial charge >= 0.3 is 0 Å². The van der Waals surface area contributed by atoms with Gasteiger partial charge in [0, 0.05) is 21.8 Å². The zero-order valence-electron chi connectivity index (χ0n) is 11.1. The quantitative estimate of drug-likeness (QED) is 0.899. The summed E-state index contributed by atoms with van der Waals surface area (Å²) in [6, 6.07) is 6.77. The number of aromatic nitrogens is 1. The van der Waals surface area contributed by atoms with Gasteiger partial charge in [0.25, 0.3) is 0 Å². The number of hydrogen-bond acceptors (Lipinski definition) is 3. The number of nitrogens with two attached hydrogens (primary N) is 1. The summed E-state index contributed by atoms with van der Waals surface area (Å²) in [7, 11) is 0. The van der Waals surface area contributed by atoms with Crippen molar-refractivity contribution in [3.05, 3.63) is 57.8 Å². The van der Waals surface area contributed by atoms with Crippen LogP contribution in [0.3, 0.4) is 0 Å². The van der Waals surface area contributed by atoms with Crippen LogP contribution in [-0.4, -0.2) is 11.6 Å². The molecule has 0 bridgehead atoms. The molecular formula is C15H16Cl2N2O. The molecule has 0 spiro atoms. The molecule has 0 aliphatic carbocycles. The molecule has 0 saturated heterocycles. The Kier molecular flexibility index (Phi) is 5.24. The Morgan fingerprint density at radius 3 is 2.60 bits per heavy atom. The van der Waals surface area contributed by atoms with Gasteiger partial charge in [-0.05, 0) is 30.2 Å². The first-order valence-electron chi connectivity index (χ1n) is 6.40. The lowest BCUT2D eigenvalue weighted by molar-refractivity contribution is 0.315. The van der Waals surface area contributed by atoms with Crippen LogP contribution in [0.1, 0.15) is 30.5 Å². The van der Waals surface area contributed by atoms with Gasteiger partial charge in [0.05, 0.1) is 18.8 Å². The highest BCUT2D eigenvalue weighted by atomic mass is 35.5. The molecule has 2 N–H and O–H groups in total. The number of ether oxygens (including phenoxy) is 1. The van der Waals surface area contributed by atoms with Crippen LogP contribution in [0.4, 0.5) is 0 Å². The van der Waals surface area contributed by atoms with Gasteiger partial charge in [-0.3, -0.25) is 4.98 Å². The van der Waals surface area contributed by atoms with E-state index < -0.39 is 6.04 Å². The Morgan fingerprint density at radius 2 is 1.95 bits per heavy atom. The van der Waals surface area contributed by atoms with Crippen molar-refractivity contribution in [3.8, 4) is 5.75 Å². The zero-order valence-corrected chi connectivity index (χ0v) is 12.7. The van der Waals surface area contributed by atoms with Crippen LogP contribution >= 0.6 is 23.2 Å². The summed E-state index contributed by atoms with van der Waals surface area (Å²) >= 11 is 12.4. The maximum absolute atomic E-state index is 6.25. The molecule has 0 aliphatic heterocycles. The Bertz CT molecular complexity index is 570. The second-order valence-corrected chi connectivity index (χ2v) is 5.23. The molecule has 0 amide bonds. The topological polar surface area (TPSA) is 48.1 Å². The van der Waals surface area contributed by atoms with Crippen molar-refractivity contribution in [2.24, 2.45) is 5.73 Å². The van der Waals surface area contributed by atoms with Crippen molar-refractivity contribution in [1.29, 1.82) is 0 Å². The third-order valence-electron chi connectivity index (χ3n) is 2.88. The normalized spacial score (nSPS) is 12.2. The molecule has 2 aromatic rings. The SMILES string of the molecule is CCCOc1cncc(C(N)c2c(Cl)cccc2Cl)c1. The third-order valence-corrected chi connectivity index (χ3v) is 3.54. The van der Waals surface area contributed by atoms with Crippen LogP contribution < -0.4 is 10.5 Å². The molecule has 2 rings (SSSR count). The van der Waals surface area contributed by atoms with E-state index in [4.69, 9.17) is 33.7 Å². The summed E-state index contributed by atoms with van der Waals surface area (Å²) in [6.07, 6.45) is 4.30. The maximum Gasteiger partial charge on any atom is 0.137 e. The van der Waals surface area contributed by atoms with Crippen molar-refractivity contribution in [2.75, 3.05) is 6.61 Å². The molecule has 3 nitrogen and oxygen atoms in total.